The van der Waals surface area contributed by atoms with Gasteiger partial charge in [-0.2, -0.15) is 0 Å². The van der Waals surface area contributed by atoms with Gasteiger partial charge in [0.1, 0.15) is 18.1 Å². The zero-order valence-electron chi connectivity index (χ0n) is 11.9. The van der Waals surface area contributed by atoms with Crippen LogP contribution in [-0.2, 0) is 4.84 Å². The second-order valence-corrected chi connectivity index (χ2v) is 7.02. The van der Waals surface area contributed by atoms with Crippen LogP contribution in [0.25, 0.3) is 0 Å². The largest absolute Gasteiger partial charge is 0.460 e. The van der Waals surface area contributed by atoms with E-state index in [0.29, 0.717) is 5.92 Å². The van der Waals surface area contributed by atoms with E-state index in [1.54, 1.807) is 0 Å². The first-order chi connectivity index (χ1) is 9.05. The SMILES string of the molecule is Cc1ccc(C2=NOCC23[C@H]2CC[C@H](C2)C3(C)C)o1. The summed E-state index contributed by atoms with van der Waals surface area (Å²) in [5.74, 6) is 3.37. The fourth-order valence-corrected chi connectivity index (χ4v) is 4.95. The van der Waals surface area contributed by atoms with Crippen molar-refractivity contribution in [2.24, 2.45) is 27.8 Å². The molecule has 19 heavy (non-hydrogen) atoms. The van der Waals surface area contributed by atoms with Gasteiger partial charge in [0.2, 0.25) is 0 Å². The first kappa shape index (κ1) is 11.6. The Hall–Kier alpha value is -1.25. The molecule has 1 unspecified atom stereocenters. The number of rotatable bonds is 1. The van der Waals surface area contributed by atoms with Crippen molar-refractivity contribution in [3.63, 3.8) is 0 Å². The molecule has 2 heterocycles. The van der Waals surface area contributed by atoms with Crippen molar-refractivity contribution in [3.05, 3.63) is 23.7 Å². The van der Waals surface area contributed by atoms with E-state index >= 15 is 0 Å². The van der Waals surface area contributed by atoms with E-state index in [4.69, 9.17) is 9.25 Å². The standard InChI is InChI=1S/C16H21NO2/c1-10-4-7-13(19-10)14-16(9-18-17-14)12-6-5-11(8-12)15(16,2)3/h4,7,11-12H,5-6,8-9H2,1-3H3/t11-,12+,16?/m1/s1. The molecule has 0 radical (unpaired) electrons. The molecule has 2 saturated carbocycles. The lowest BCUT2D eigenvalue weighted by Crippen LogP contribution is -2.49. The highest BCUT2D eigenvalue weighted by atomic mass is 16.6. The Kier molecular flexibility index (Phi) is 2.09. The summed E-state index contributed by atoms with van der Waals surface area (Å²) in [6.45, 7) is 7.52. The number of fused-ring (bicyclic) bond motifs is 3. The Morgan fingerprint density at radius 2 is 2.00 bits per heavy atom. The summed E-state index contributed by atoms with van der Waals surface area (Å²) in [4.78, 5) is 5.57. The highest BCUT2D eigenvalue weighted by Crippen LogP contribution is 2.68. The number of nitrogens with zero attached hydrogens (tertiary/aromatic N) is 1. The molecule has 102 valence electrons. The number of hydrogen-bond donors (Lipinski definition) is 0. The molecular weight excluding hydrogens is 238 g/mol. The van der Waals surface area contributed by atoms with Crippen LogP contribution in [0.15, 0.2) is 21.7 Å². The van der Waals surface area contributed by atoms with Gasteiger partial charge in [-0.15, -0.1) is 0 Å². The molecule has 3 heteroatoms. The van der Waals surface area contributed by atoms with E-state index in [1.165, 1.54) is 19.3 Å². The van der Waals surface area contributed by atoms with Gasteiger partial charge in [-0.1, -0.05) is 19.0 Å². The lowest BCUT2D eigenvalue weighted by atomic mass is 9.56. The van der Waals surface area contributed by atoms with Crippen LogP contribution in [0.1, 0.15) is 44.6 Å². The van der Waals surface area contributed by atoms with Gasteiger partial charge in [-0.25, -0.2) is 0 Å². The molecule has 3 atom stereocenters. The Morgan fingerprint density at radius 1 is 1.21 bits per heavy atom. The number of oxime groups is 1. The molecule has 0 amide bonds. The second-order valence-electron chi connectivity index (χ2n) is 7.02. The van der Waals surface area contributed by atoms with Crippen molar-refractivity contribution >= 4 is 5.71 Å². The van der Waals surface area contributed by atoms with Crippen LogP contribution < -0.4 is 0 Å². The van der Waals surface area contributed by atoms with Gasteiger partial charge < -0.3 is 9.25 Å². The zero-order valence-corrected chi connectivity index (χ0v) is 11.9. The average molecular weight is 259 g/mol. The fraction of sp³-hybridized carbons (Fsp3) is 0.688. The zero-order chi connectivity index (χ0) is 13.3. The molecule has 1 aromatic rings. The van der Waals surface area contributed by atoms with Crippen LogP contribution in [0.4, 0.5) is 0 Å². The molecule has 2 fully saturated rings. The maximum atomic E-state index is 5.84. The maximum absolute atomic E-state index is 5.84. The van der Waals surface area contributed by atoms with Gasteiger partial charge in [0.15, 0.2) is 5.76 Å². The topological polar surface area (TPSA) is 34.7 Å². The molecule has 1 aromatic heterocycles. The quantitative estimate of drug-likeness (QED) is 0.769. The van der Waals surface area contributed by atoms with E-state index < -0.39 is 0 Å². The Morgan fingerprint density at radius 3 is 2.63 bits per heavy atom. The van der Waals surface area contributed by atoms with Gasteiger partial charge in [-0.3, -0.25) is 0 Å². The van der Waals surface area contributed by atoms with E-state index in [-0.39, 0.29) is 10.8 Å². The summed E-state index contributed by atoms with van der Waals surface area (Å²) in [7, 11) is 0. The number of aryl methyl sites for hydroxylation is 1. The van der Waals surface area contributed by atoms with Gasteiger partial charge in [0.05, 0.1) is 5.41 Å². The molecule has 0 N–H and O–H groups in total. The highest BCUT2D eigenvalue weighted by molar-refractivity contribution is 6.04. The fourth-order valence-electron chi connectivity index (χ4n) is 4.95. The summed E-state index contributed by atoms with van der Waals surface area (Å²) in [5.41, 5.74) is 1.39. The van der Waals surface area contributed by atoms with Crippen LogP contribution in [-0.4, -0.2) is 12.3 Å². The third kappa shape index (κ3) is 1.22. The predicted octanol–water partition coefficient (Wildman–Crippen LogP) is 3.76. The van der Waals surface area contributed by atoms with Crippen molar-refractivity contribution in [2.45, 2.75) is 40.0 Å². The van der Waals surface area contributed by atoms with Crippen molar-refractivity contribution in [1.82, 2.24) is 0 Å². The van der Waals surface area contributed by atoms with Crippen molar-refractivity contribution in [1.29, 1.82) is 0 Å². The summed E-state index contributed by atoms with van der Waals surface area (Å²) in [5, 5.41) is 4.39. The van der Waals surface area contributed by atoms with E-state index in [0.717, 1.165) is 29.8 Å². The molecule has 4 rings (SSSR count). The second kappa shape index (κ2) is 3.44. The third-order valence-corrected chi connectivity index (χ3v) is 6.14. The van der Waals surface area contributed by atoms with Crippen molar-refractivity contribution in [3.8, 4) is 0 Å². The summed E-state index contributed by atoms with van der Waals surface area (Å²) in [6.07, 6.45) is 4.01. The molecule has 3 nitrogen and oxygen atoms in total. The Bertz CT molecular complexity index is 557. The summed E-state index contributed by atoms with van der Waals surface area (Å²) >= 11 is 0. The minimum atomic E-state index is 0.0697. The molecule has 0 saturated heterocycles. The molecule has 3 aliphatic rings. The average Bonchev–Trinajstić information content (AvgIpc) is 3.07. The van der Waals surface area contributed by atoms with Gasteiger partial charge in [-0.05, 0) is 55.6 Å². The normalized spacial score (nSPS) is 38.8. The van der Waals surface area contributed by atoms with Crippen LogP contribution in [0.5, 0.6) is 0 Å². The molecule has 1 aliphatic heterocycles. The van der Waals surface area contributed by atoms with Crippen molar-refractivity contribution < 1.29 is 9.25 Å². The van der Waals surface area contributed by atoms with Gasteiger partial charge in [0.25, 0.3) is 0 Å². The van der Waals surface area contributed by atoms with E-state index in [9.17, 15) is 0 Å². The lowest BCUT2D eigenvalue weighted by molar-refractivity contribution is 0.00882. The van der Waals surface area contributed by atoms with Crippen molar-refractivity contribution in [2.75, 3.05) is 6.61 Å². The molecule has 2 bridgehead atoms. The number of hydrogen-bond acceptors (Lipinski definition) is 3. The van der Waals surface area contributed by atoms with Gasteiger partial charge in [0, 0.05) is 0 Å². The summed E-state index contributed by atoms with van der Waals surface area (Å²) in [6, 6.07) is 4.07. The van der Waals surface area contributed by atoms with Crippen LogP contribution in [0, 0.1) is 29.6 Å². The van der Waals surface area contributed by atoms with Gasteiger partial charge >= 0.3 is 0 Å². The van der Waals surface area contributed by atoms with Crippen LogP contribution in [0.2, 0.25) is 0 Å². The Balaban J connectivity index is 1.84. The minimum Gasteiger partial charge on any atom is -0.460 e. The Labute approximate surface area is 114 Å². The minimum absolute atomic E-state index is 0.0697. The van der Waals surface area contributed by atoms with Crippen LogP contribution >= 0.6 is 0 Å². The van der Waals surface area contributed by atoms with E-state index in [2.05, 4.69) is 19.0 Å². The molecule has 1 spiro atoms. The monoisotopic (exact) mass is 259 g/mol. The summed E-state index contributed by atoms with van der Waals surface area (Å²) < 4.78 is 5.84. The predicted molar refractivity (Wildman–Crippen MR) is 73.0 cm³/mol. The first-order valence-corrected chi connectivity index (χ1v) is 7.33. The number of furan rings is 1. The third-order valence-electron chi connectivity index (χ3n) is 6.14. The highest BCUT2D eigenvalue weighted by Gasteiger charge is 2.68. The maximum Gasteiger partial charge on any atom is 0.152 e. The molecule has 2 aliphatic carbocycles. The molecule has 0 aromatic carbocycles. The molecular formula is C16H21NO2. The van der Waals surface area contributed by atoms with Crippen LogP contribution in [0.3, 0.4) is 0 Å². The first-order valence-electron chi connectivity index (χ1n) is 7.33. The van der Waals surface area contributed by atoms with E-state index in [1.807, 2.05) is 19.1 Å². The smallest absolute Gasteiger partial charge is 0.152 e. The lowest BCUT2D eigenvalue weighted by Gasteiger charge is -2.46.